The van der Waals surface area contributed by atoms with Crippen LogP contribution in [0.1, 0.15) is 92.6 Å². The maximum Gasteiger partial charge on any atom is 0.481 e. The fourth-order valence-corrected chi connectivity index (χ4v) is 6.72. The van der Waals surface area contributed by atoms with Gasteiger partial charge in [-0.2, -0.15) is 0 Å². The molecule has 2 aliphatic heterocycles. The van der Waals surface area contributed by atoms with E-state index in [4.69, 9.17) is 23.5 Å². The lowest BCUT2D eigenvalue weighted by Gasteiger charge is -2.43. The van der Waals surface area contributed by atoms with E-state index in [2.05, 4.69) is 31.4 Å². The van der Waals surface area contributed by atoms with E-state index in [0.29, 0.717) is 39.0 Å². The van der Waals surface area contributed by atoms with Crippen LogP contribution in [0.25, 0.3) is 0 Å². The maximum atomic E-state index is 13.8. The highest BCUT2D eigenvalue weighted by Gasteiger charge is 2.55. The number of carbonyl (C=O) groups excluding carboxylic acids is 3. The van der Waals surface area contributed by atoms with Crippen LogP contribution in [0.3, 0.4) is 0 Å². The Morgan fingerprint density at radius 3 is 2.49 bits per heavy atom. The van der Waals surface area contributed by atoms with Crippen molar-refractivity contribution in [2.75, 3.05) is 20.3 Å². The number of nitrogens with one attached hydrogen (secondary N) is 2. The summed E-state index contributed by atoms with van der Waals surface area (Å²) < 4.78 is 29.6. The van der Waals surface area contributed by atoms with Gasteiger partial charge >= 0.3 is 13.2 Å². The monoisotopic (exact) mass is 629 g/mol. The SMILES string of the molecule is COc1ccc(COCC[C@H](NC(=O)C2CCCN2C(=O)C(C)NC(=O)OC(C)(C)C)B2OC3CCC(C)(C)CC3(C)O2)cc1. The van der Waals surface area contributed by atoms with Gasteiger partial charge in [0.15, 0.2) is 0 Å². The van der Waals surface area contributed by atoms with Crippen LogP contribution in [0.4, 0.5) is 4.79 Å². The molecule has 3 aliphatic rings. The van der Waals surface area contributed by atoms with Crippen LogP contribution < -0.4 is 15.4 Å². The minimum absolute atomic E-state index is 0.0560. The fraction of sp³-hybridized carbons (Fsp3) is 0.727. The minimum Gasteiger partial charge on any atom is -0.497 e. The van der Waals surface area contributed by atoms with Gasteiger partial charge in [-0.25, -0.2) is 4.79 Å². The number of likely N-dealkylation sites (tertiary alicyclic amines) is 1. The van der Waals surface area contributed by atoms with Crippen molar-refractivity contribution >= 4 is 25.0 Å². The molecule has 5 atom stereocenters. The highest BCUT2D eigenvalue weighted by Crippen LogP contribution is 2.47. The summed E-state index contributed by atoms with van der Waals surface area (Å²) in [5.74, 6) is -0.288. The lowest BCUT2D eigenvalue weighted by atomic mass is 9.69. The summed E-state index contributed by atoms with van der Waals surface area (Å²) in [5.41, 5.74) is 0.0146. The van der Waals surface area contributed by atoms with Crippen LogP contribution >= 0.6 is 0 Å². The van der Waals surface area contributed by atoms with Gasteiger partial charge in [-0.1, -0.05) is 26.0 Å². The normalized spacial score (nSPS) is 25.7. The molecular formula is C33H52BN3O8. The number of fused-ring (bicyclic) bond motifs is 1. The standard InChI is InChI=1S/C33H52BN3O8/c1-22(35-30(40)43-31(2,3)4)29(39)37-18-9-10-25(37)28(38)36-27(16-19-42-20-23-11-13-24(41-8)14-12-23)34-44-26-15-17-32(5,6)21-33(26,7)45-34/h11-14,22,25-27H,9-10,15-21H2,1-8H3,(H,35,40)(H,36,38)/t22?,25?,26?,27-,33?/m0/s1. The maximum absolute atomic E-state index is 13.8. The Hall–Kier alpha value is -2.83. The highest BCUT2D eigenvalue weighted by molar-refractivity contribution is 6.47. The minimum atomic E-state index is -0.844. The predicted molar refractivity (Wildman–Crippen MR) is 171 cm³/mol. The molecule has 3 fully saturated rings. The summed E-state index contributed by atoms with van der Waals surface area (Å²) in [6, 6.07) is 6.19. The molecule has 45 heavy (non-hydrogen) atoms. The zero-order chi connectivity index (χ0) is 33.0. The van der Waals surface area contributed by atoms with E-state index in [1.807, 2.05) is 24.3 Å². The first-order valence-electron chi connectivity index (χ1n) is 16.2. The number of methoxy groups -OCH3 is 1. The van der Waals surface area contributed by atoms with Gasteiger partial charge in [-0.15, -0.1) is 0 Å². The second kappa shape index (κ2) is 14.3. The topological polar surface area (TPSA) is 125 Å². The fourth-order valence-electron chi connectivity index (χ4n) is 6.72. The Bertz CT molecular complexity index is 1190. The van der Waals surface area contributed by atoms with Crippen molar-refractivity contribution in [3.8, 4) is 5.75 Å². The van der Waals surface area contributed by atoms with Gasteiger partial charge in [0.25, 0.3) is 0 Å². The van der Waals surface area contributed by atoms with Crippen LogP contribution in [0.15, 0.2) is 24.3 Å². The Balaban J connectivity index is 1.41. The second-order valence-corrected chi connectivity index (χ2v) is 14.7. The molecule has 1 aromatic carbocycles. The summed E-state index contributed by atoms with van der Waals surface area (Å²) >= 11 is 0. The summed E-state index contributed by atoms with van der Waals surface area (Å²) in [7, 11) is 0.994. The number of hydrogen-bond donors (Lipinski definition) is 2. The Kier molecular flexibility index (Phi) is 11.1. The highest BCUT2D eigenvalue weighted by atomic mass is 16.7. The largest absolute Gasteiger partial charge is 0.497 e. The Morgan fingerprint density at radius 1 is 1.11 bits per heavy atom. The third-order valence-corrected chi connectivity index (χ3v) is 8.88. The molecule has 0 spiro atoms. The van der Waals surface area contributed by atoms with E-state index in [1.54, 1.807) is 39.7 Å². The second-order valence-electron chi connectivity index (χ2n) is 14.7. The molecule has 3 amide bonds. The number of carbonyl (C=O) groups is 3. The first-order valence-corrected chi connectivity index (χ1v) is 16.2. The van der Waals surface area contributed by atoms with Crippen molar-refractivity contribution in [2.24, 2.45) is 5.41 Å². The lowest BCUT2D eigenvalue weighted by Crippen LogP contribution is -2.56. The molecule has 1 aromatic rings. The van der Waals surface area contributed by atoms with Crippen LogP contribution in [-0.4, -0.2) is 85.5 Å². The van der Waals surface area contributed by atoms with Crippen LogP contribution in [0.5, 0.6) is 5.75 Å². The van der Waals surface area contributed by atoms with Crippen molar-refractivity contribution < 1.29 is 37.9 Å². The quantitative estimate of drug-likeness (QED) is 0.273. The molecule has 1 aliphatic carbocycles. The molecule has 4 unspecified atom stereocenters. The number of nitrogens with zero attached hydrogens (tertiary/aromatic N) is 1. The van der Waals surface area contributed by atoms with Gasteiger partial charge in [0.05, 0.1) is 31.4 Å². The molecule has 4 rings (SSSR count). The van der Waals surface area contributed by atoms with Crippen molar-refractivity contribution in [3.05, 3.63) is 29.8 Å². The zero-order valence-corrected chi connectivity index (χ0v) is 28.3. The van der Waals surface area contributed by atoms with E-state index >= 15 is 0 Å². The van der Waals surface area contributed by atoms with Crippen molar-refractivity contribution in [1.82, 2.24) is 15.5 Å². The number of hydrogen-bond acceptors (Lipinski definition) is 8. The third kappa shape index (κ3) is 9.36. The summed E-state index contributed by atoms with van der Waals surface area (Å²) in [6.07, 6.45) is 3.75. The predicted octanol–water partition coefficient (Wildman–Crippen LogP) is 4.40. The molecule has 0 bridgehead atoms. The smallest absolute Gasteiger partial charge is 0.481 e. The van der Waals surface area contributed by atoms with Crippen LogP contribution in [-0.2, 0) is 35.0 Å². The van der Waals surface area contributed by atoms with Gasteiger partial charge in [0, 0.05) is 13.2 Å². The van der Waals surface area contributed by atoms with Gasteiger partial charge in [-0.05, 0) is 96.3 Å². The molecule has 2 saturated heterocycles. The average Bonchev–Trinajstić information content (AvgIpc) is 3.57. The molecule has 0 radical (unpaired) electrons. The summed E-state index contributed by atoms with van der Waals surface area (Å²) in [5, 5.41) is 5.77. The van der Waals surface area contributed by atoms with Crippen molar-refractivity contribution in [3.63, 3.8) is 0 Å². The number of rotatable bonds is 11. The third-order valence-electron chi connectivity index (χ3n) is 8.88. The van der Waals surface area contributed by atoms with E-state index in [9.17, 15) is 14.4 Å². The molecule has 11 nitrogen and oxygen atoms in total. The zero-order valence-electron chi connectivity index (χ0n) is 28.3. The Labute approximate surface area is 268 Å². The molecule has 250 valence electrons. The first kappa shape index (κ1) is 35.0. The average molecular weight is 630 g/mol. The Morgan fingerprint density at radius 2 is 1.82 bits per heavy atom. The summed E-state index contributed by atoms with van der Waals surface area (Å²) in [6.45, 7) is 14.7. The molecule has 1 saturated carbocycles. The number of alkyl carbamates (subject to hydrolysis) is 1. The molecule has 2 N–H and O–H groups in total. The summed E-state index contributed by atoms with van der Waals surface area (Å²) in [4.78, 5) is 41.0. The molecule has 12 heteroatoms. The molecular weight excluding hydrogens is 577 g/mol. The molecule has 0 aromatic heterocycles. The van der Waals surface area contributed by atoms with Gasteiger partial charge in [0.2, 0.25) is 11.8 Å². The number of amides is 3. The van der Waals surface area contributed by atoms with E-state index in [1.165, 1.54) is 0 Å². The number of ether oxygens (including phenoxy) is 3. The number of benzene rings is 1. The lowest BCUT2D eigenvalue weighted by molar-refractivity contribution is -0.139. The van der Waals surface area contributed by atoms with Crippen molar-refractivity contribution in [2.45, 2.75) is 129 Å². The first-order chi connectivity index (χ1) is 21.1. The van der Waals surface area contributed by atoms with Gasteiger partial charge < -0.3 is 39.1 Å². The van der Waals surface area contributed by atoms with E-state index in [-0.39, 0.29) is 23.3 Å². The van der Waals surface area contributed by atoms with Gasteiger partial charge in [-0.3, -0.25) is 9.59 Å². The van der Waals surface area contributed by atoms with Crippen LogP contribution in [0, 0.1) is 5.41 Å². The molecule has 2 heterocycles. The van der Waals surface area contributed by atoms with Gasteiger partial charge in [0.1, 0.15) is 23.4 Å². The van der Waals surface area contributed by atoms with E-state index in [0.717, 1.165) is 30.6 Å². The van der Waals surface area contributed by atoms with Crippen LogP contribution in [0.2, 0.25) is 0 Å². The van der Waals surface area contributed by atoms with E-state index < -0.39 is 42.4 Å². The van der Waals surface area contributed by atoms with Crippen molar-refractivity contribution in [1.29, 1.82) is 0 Å².